The largest absolute Gasteiger partial charge is 0.303 e. The molecule has 0 aliphatic carbocycles. The minimum absolute atomic E-state index is 0.172. The molecule has 0 fully saturated rings. The zero-order valence-corrected chi connectivity index (χ0v) is 13.3. The van der Waals surface area contributed by atoms with Crippen LogP contribution < -0.4 is 5.32 Å². The maximum Gasteiger partial charge on any atom is 0.123 e. The Labute approximate surface area is 133 Å². The van der Waals surface area contributed by atoms with Crippen LogP contribution in [0.15, 0.2) is 47.4 Å². The molecule has 21 heavy (non-hydrogen) atoms. The molecule has 0 saturated heterocycles. The summed E-state index contributed by atoms with van der Waals surface area (Å²) in [6.45, 7) is 2.11. The van der Waals surface area contributed by atoms with E-state index in [4.69, 9.17) is 11.6 Å². The third-order valence-electron chi connectivity index (χ3n) is 3.83. The molecule has 2 atom stereocenters. The number of hydrogen-bond donors (Lipinski definition) is 1. The van der Waals surface area contributed by atoms with E-state index in [0.29, 0.717) is 6.04 Å². The Hall–Kier alpha value is -1.03. The second kappa shape index (κ2) is 6.39. The van der Waals surface area contributed by atoms with Gasteiger partial charge in [-0.15, -0.1) is 11.8 Å². The van der Waals surface area contributed by atoms with Gasteiger partial charge < -0.3 is 5.32 Å². The summed E-state index contributed by atoms with van der Waals surface area (Å²) in [6, 6.07) is 13.2. The van der Waals surface area contributed by atoms with Crippen LogP contribution in [0.4, 0.5) is 4.39 Å². The molecule has 0 radical (unpaired) electrons. The predicted molar refractivity (Wildman–Crippen MR) is 87.5 cm³/mol. The molecular formula is C17H17ClFNS. The summed E-state index contributed by atoms with van der Waals surface area (Å²) in [4.78, 5) is 1.30. The highest BCUT2D eigenvalue weighted by Crippen LogP contribution is 2.38. The molecule has 0 amide bonds. The summed E-state index contributed by atoms with van der Waals surface area (Å²) in [6.07, 6.45) is 1.07. The highest BCUT2D eigenvalue weighted by Gasteiger charge is 2.22. The Morgan fingerprint density at radius 1 is 1.24 bits per heavy atom. The van der Waals surface area contributed by atoms with Gasteiger partial charge in [-0.25, -0.2) is 4.39 Å². The van der Waals surface area contributed by atoms with Crippen molar-refractivity contribution >= 4 is 23.4 Å². The normalized spacial score (nSPS) is 19.1. The summed E-state index contributed by atoms with van der Waals surface area (Å²) < 4.78 is 13.0. The lowest BCUT2D eigenvalue weighted by atomic mass is 10.0. The van der Waals surface area contributed by atoms with Crippen LogP contribution in [0.1, 0.15) is 36.6 Å². The number of benzene rings is 2. The van der Waals surface area contributed by atoms with E-state index in [0.717, 1.165) is 22.8 Å². The van der Waals surface area contributed by atoms with Crippen molar-refractivity contribution in [2.45, 2.75) is 30.3 Å². The monoisotopic (exact) mass is 321 g/mol. The molecule has 2 unspecified atom stereocenters. The van der Waals surface area contributed by atoms with E-state index in [1.54, 1.807) is 0 Å². The maximum absolute atomic E-state index is 13.0. The van der Waals surface area contributed by atoms with E-state index >= 15 is 0 Å². The van der Waals surface area contributed by atoms with Crippen LogP contribution in [-0.4, -0.2) is 5.75 Å². The molecule has 0 saturated carbocycles. The van der Waals surface area contributed by atoms with Gasteiger partial charge in [-0.2, -0.15) is 0 Å². The lowest BCUT2D eigenvalue weighted by Gasteiger charge is -2.29. The first kappa shape index (κ1) is 14.9. The van der Waals surface area contributed by atoms with E-state index in [1.165, 1.54) is 22.6 Å². The fraction of sp³-hybridized carbons (Fsp3) is 0.294. The smallest absolute Gasteiger partial charge is 0.123 e. The number of thioether (sulfide) groups is 1. The Kier molecular flexibility index (Phi) is 4.53. The van der Waals surface area contributed by atoms with E-state index in [-0.39, 0.29) is 11.9 Å². The van der Waals surface area contributed by atoms with Gasteiger partial charge in [0.1, 0.15) is 5.82 Å². The summed E-state index contributed by atoms with van der Waals surface area (Å²) in [5.74, 6) is 0.903. The maximum atomic E-state index is 13.0. The molecule has 0 aromatic heterocycles. The zero-order chi connectivity index (χ0) is 14.8. The van der Waals surface area contributed by atoms with Gasteiger partial charge >= 0.3 is 0 Å². The lowest BCUT2D eigenvalue weighted by Crippen LogP contribution is -2.27. The van der Waals surface area contributed by atoms with Gasteiger partial charge in [0, 0.05) is 22.0 Å². The Balaban J connectivity index is 1.80. The van der Waals surface area contributed by atoms with Crippen molar-refractivity contribution in [2.24, 2.45) is 0 Å². The van der Waals surface area contributed by atoms with Crippen LogP contribution in [0.3, 0.4) is 0 Å². The van der Waals surface area contributed by atoms with E-state index < -0.39 is 0 Å². The highest BCUT2D eigenvalue weighted by molar-refractivity contribution is 7.99. The van der Waals surface area contributed by atoms with Gasteiger partial charge in [-0.1, -0.05) is 23.7 Å². The summed E-state index contributed by atoms with van der Waals surface area (Å²) in [7, 11) is 0. The van der Waals surface area contributed by atoms with E-state index in [9.17, 15) is 4.39 Å². The van der Waals surface area contributed by atoms with Crippen LogP contribution in [0.5, 0.6) is 0 Å². The number of nitrogens with one attached hydrogen (secondary N) is 1. The van der Waals surface area contributed by atoms with Crippen molar-refractivity contribution in [1.29, 1.82) is 0 Å². The van der Waals surface area contributed by atoms with Gasteiger partial charge in [-0.3, -0.25) is 0 Å². The fourth-order valence-electron chi connectivity index (χ4n) is 2.69. The molecule has 4 heteroatoms. The summed E-state index contributed by atoms with van der Waals surface area (Å²) in [5, 5.41) is 4.42. The van der Waals surface area contributed by atoms with Gasteiger partial charge in [0.15, 0.2) is 0 Å². The van der Waals surface area contributed by atoms with Crippen molar-refractivity contribution in [1.82, 2.24) is 5.32 Å². The number of hydrogen-bond acceptors (Lipinski definition) is 2. The highest BCUT2D eigenvalue weighted by atomic mass is 35.5. The number of rotatable bonds is 3. The van der Waals surface area contributed by atoms with Gasteiger partial charge in [-0.05, 0) is 60.6 Å². The van der Waals surface area contributed by atoms with Gasteiger partial charge in [0.25, 0.3) is 0 Å². The minimum atomic E-state index is -0.197. The predicted octanol–water partition coefficient (Wildman–Crippen LogP) is 5.37. The molecule has 2 aromatic rings. The van der Waals surface area contributed by atoms with Crippen molar-refractivity contribution in [2.75, 3.05) is 5.75 Å². The van der Waals surface area contributed by atoms with Crippen molar-refractivity contribution in [3.8, 4) is 0 Å². The van der Waals surface area contributed by atoms with Crippen molar-refractivity contribution in [3.63, 3.8) is 0 Å². The average Bonchev–Trinajstić information content (AvgIpc) is 2.48. The molecule has 0 bridgehead atoms. The van der Waals surface area contributed by atoms with Crippen molar-refractivity contribution < 1.29 is 4.39 Å². The molecule has 1 aliphatic rings. The summed E-state index contributed by atoms with van der Waals surface area (Å²) in [5.41, 5.74) is 2.37. The van der Waals surface area contributed by atoms with Crippen LogP contribution in [0.25, 0.3) is 0 Å². The van der Waals surface area contributed by atoms with E-state index in [1.807, 2.05) is 30.0 Å². The third kappa shape index (κ3) is 3.42. The first-order chi connectivity index (χ1) is 10.1. The van der Waals surface area contributed by atoms with Gasteiger partial charge in [0.05, 0.1) is 0 Å². The molecule has 2 aromatic carbocycles. The number of fused-ring (bicyclic) bond motifs is 1. The molecule has 110 valence electrons. The van der Waals surface area contributed by atoms with Gasteiger partial charge in [0.2, 0.25) is 0 Å². The quantitative estimate of drug-likeness (QED) is 0.816. The van der Waals surface area contributed by atoms with Crippen LogP contribution in [-0.2, 0) is 0 Å². The Morgan fingerprint density at radius 3 is 2.76 bits per heavy atom. The molecule has 1 heterocycles. The molecule has 0 spiro atoms. The first-order valence-electron chi connectivity index (χ1n) is 7.07. The third-order valence-corrected chi connectivity index (χ3v) is 5.19. The fourth-order valence-corrected chi connectivity index (χ4v) is 3.97. The number of halogens is 2. The average molecular weight is 322 g/mol. The SMILES string of the molecule is CC(NC1CCSc2ccc(Cl)cc21)c1ccc(F)cc1. The standard InChI is InChI=1S/C17H17ClFNS/c1-11(12-2-5-14(19)6-3-12)20-16-8-9-21-17-7-4-13(18)10-15(16)17/h2-7,10-11,16,20H,8-9H2,1H3. The lowest BCUT2D eigenvalue weighted by molar-refractivity contribution is 0.450. The second-order valence-corrected chi connectivity index (χ2v) is 6.88. The topological polar surface area (TPSA) is 12.0 Å². The molecular weight excluding hydrogens is 305 g/mol. The Bertz CT molecular complexity index is 629. The molecule has 1 nitrogen and oxygen atoms in total. The molecule has 3 rings (SSSR count). The van der Waals surface area contributed by atoms with Crippen LogP contribution in [0, 0.1) is 5.82 Å². The van der Waals surface area contributed by atoms with E-state index in [2.05, 4.69) is 24.4 Å². The second-order valence-electron chi connectivity index (χ2n) is 5.31. The zero-order valence-electron chi connectivity index (χ0n) is 11.8. The molecule has 1 N–H and O–H groups in total. The molecule has 1 aliphatic heterocycles. The van der Waals surface area contributed by atoms with Crippen LogP contribution >= 0.6 is 23.4 Å². The Morgan fingerprint density at radius 2 is 2.00 bits per heavy atom. The minimum Gasteiger partial charge on any atom is -0.303 e. The van der Waals surface area contributed by atoms with Crippen molar-refractivity contribution in [3.05, 3.63) is 64.4 Å². The van der Waals surface area contributed by atoms with Crippen LogP contribution in [0.2, 0.25) is 5.02 Å². The first-order valence-corrected chi connectivity index (χ1v) is 8.43. The summed E-state index contributed by atoms with van der Waals surface area (Å²) >= 11 is 8.01.